The van der Waals surface area contributed by atoms with Crippen LogP contribution in [0.2, 0.25) is 5.02 Å². The van der Waals surface area contributed by atoms with Gasteiger partial charge in [-0.05, 0) is 41.3 Å². The number of fused-ring (bicyclic) bond motifs is 1. The molecule has 6 rings (SSSR count). The molecule has 0 unspecified atom stereocenters. The lowest BCUT2D eigenvalue weighted by molar-refractivity contribution is 0.590. The highest BCUT2D eigenvalue weighted by molar-refractivity contribution is 7.15. The molecule has 188 valence electrons. The molecule has 0 N–H and O–H groups in total. The number of rotatable bonds is 4. The molecule has 0 radical (unpaired) electrons. The number of para-hydroxylation sites is 1. The second kappa shape index (κ2) is 9.35. The minimum absolute atomic E-state index is 0.0621. The van der Waals surface area contributed by atoms with Gasteiger partial charge in [0.05, 0.1) is 10.2 Å². The van der Waals surface area contributed by atoms with E-state index in [1.807, 2.05) is 83.7 Å². The van der Waals surface area contributed by atoms with Crippen molar-refractivity contribution >= 4 is 34.0 Å². The van der Waals surface area contributed by atoms with Gasteiger partial charge in [0, 0.05) is 27.9 Å². The highest BCUT2D eigenvalue weighted by Gasteiger charge is 2.17. The first-order chi connectivity index (χ1) is 18.3. The van der Waals surface area contributed by atoms with E-state index in [0.717, 1.165) is 28.1 Å². The molecule has 0 saturated heterocycles. The highest BCUT2D eigenvalue weighted by atomic mass is 35.5. The molecule has 8 heteroatoms. The van der Waals surface area contributed by atoms with Crippen LogP contribution in [0, 0.1) is 0 Å². The van der Waals surface area contributed by atoms with Gasteiger partial charge in [0.2, 0.25) is 4.96 Å². The van der Waals surface area contributed by atoms with Crippen LogP contribution in [0.1, 0.15) is 31.9 Å². The van der Waals surface area contributed by atoms with E-state index in [-0.39, 0.29) is 11.0 Å². The Kier molecular flexibility index (Phi) is 5.97. The normalized spacial score (nSPS) is 12.5. The number of hydrogen-bond acceptors (Lipinski definition) is 5. The molecule has 0 aliphatic rings. The fraction of sp³-hybridized carbons (Fsp3) is 0.133. The number of halogens is 1. The first kappa shape index (κ1) is 24.3. The lowest BCUT2D eigenvalue weighted by atomic mass is 9.87. The molecule has 0 aliphatic carbocycles. The zero-order valence-electron chi connectivity index (χ0n) is 21.1. The van der Waals surface area contributed by atoms with Gasteiger partial charge in [-0.1, -0.05) is 98.3 Å². The molecule has 38 heavy (non-hydrogen) atoms. The van der Waals surface area contributed by atoms with Gasteiger partial charge < -0.3 is 0 Å². The van der Waals surface area contributed by atoms with E-state index in [9.17, 15) is 4.79 Å². The van der Waals surface area contributed by atoms with Crippen molar-refractivity contribution in [2.75, 3.05) is 0 Å². The SMILES string of the molecule is CC(C)(C)c1ccc(-c2nc3s/c(=C\c4cn(-c5ccccc5)nc4-c4ccc(Cl)cc4)c(=O)n3n2)cc1. The monoisotopic (exact) mass is 537 g/mol. The van der Waals surface area contributed by atoms with E-state index in [4.69, 9.17) is 16.7 Å². The van der Waals surface area contributed by atoms with Crippen LogP contribution in [0.25, 0.3) is 39.4 Å². The molecule has 0 atom stereocenters. The van der Waals surface area contributed by atoms with Crippen molar-refractivity contribution in [1.29, 1.82) is 0 Å². The third kappa shape index (κ3) is 4.55. The molecule has 0 spiro atoms. The Morgan fingerprint density at radius 3 is 2.21 bits per heavy atom. The Morgan fingerprint density at radius 2 is 1.55 bits per heavy atom. The lowest BCUT2D eigenvalue weighted by Gasteiger charge is -2.18. The van der Waals surface area contributed by atoms with Gasteiger partial charge in [-0.2, -0.15) is 14.6 Å². The van der Waals surface area contributed by atoms with Crippen molar-refractivity contribution in [3.8, 4) is 28.3 Å². The number of nitrogens with zero attached hydrogens (tertiary/aromatic N) is 5. The summed E-state index contributed by atoms with van der Waals surface area (Å²) in [4.78, 5) is 18.5. The van der Waals surface area contributed by atoms with E-state index in [1.165, 1.54) is 21.4 Å². The molecular weight excluding hydrogens is 514 g/mol. The summed E-state index contributed by atoms with van der Waals surface area (Å²) in [5.41, 5.74) is 5.37. The van der Waals surface area contributed by atoms with E-state index < -0.39 is 0 Å². The average Bonchev–Trinajstić information content (AvgIpc) is 3.60. The summed E-state index contributed by atoms with van der Waals surface area (Å²) in [5.74, 6) is 0.541. The summed E-state index contributed by atoms with van der Waals surface area (Å²) in [5, 5.41) is 10.0. The van der Waals surface area contributed by atoms with Crippen LogP contribution in [-0.4, -0.2) is 24.4 Å². The summed E-state index contributed by atoms with van der Waals surface area (Å²) < 4.78 is 3.74. The van der Waals surface area contributed by atoms with Crippen molar-refractivity contribution in [3.63, 3.8) is 0 Å². The second-order valence-electron chi connectivity index (χ2n) is 10.1. The predicted octanol–water partition coefficient (Wildman–Crippen LogP) is 6.17. The number of benzene rings is 3. The minimum atomic E-state index is -0.204. The number of hydrogen-bond donors (Lipinski definition) is 0. The van der Waals surface area contributed by atoms with Crippen LogP contribution < -0.4 is 10.1 Å². The summed E-state index contributed by atoms with van der Waals surface area (Å²) in [6.07, 6.45) is 3.79. The summed E-state index contributed by atoms with van der Waals surface area (Å²) in [7, 11) is 0. The zero-order valence-corrected chi connectivity index (χ0v) is 22.7. The van der Waals surface area contributed by atoms with Crippen molar-refractivity contribution in [1.82, 2.24) is 24.4 Å². The smallest absolute Gasteiger partial charge is 0.266 e. The van der Waals surface area contributed by atoms with Crippen molar-refractivity contribution in [2.45, 2.75) is 26.2 Å². The van der Waals surface area contributed by atoms with E-state index in [0.29, 0.717) is 20.3 Å². The van der Waals surface area contributed by atoms with Gasteiger partial charge >= 0.3 is 0 Å². The van der Waals surface area contributed by atoms with Crippen molar-refractivity contribution < 1.29 is 0 Å². The number of aromatic nitrogens is 5. The Morgan fingerprint density at radius 1 is 0.868 bits per heavy atom. The molecule has 6 nitrogen and oxygen atoms in total. The Balaban J connectivity index is 1.43. The van der Waals surface area contributed by atoms with Crippen LogP contribution in [0.15, 0.2) is 89.9 Å². The predicted molar refractivity (Wildman–Crippen MR) is 154 cm³/mol. The second-order valence-corrected chi connectivity index (χ2v) is 11.5. The van der Waals surface area contributed by atoms with Crippen LogP contribution in [0.4, 0.5) is 0 Å². The van der Waals surface area contributed by atoms with Gasteiger partial charge in [-0.15, -0.1) is 5.10 Å². The summed E-state index contributed by atoms with van der Waals surface area (Å²) in [6, 6.07) is 25.6. The van der Waals surface area contributed by atoms with Gasteiger partial charge in [-0.3, -0.25) is 4.79 Å². The van der Waals surface area contributed by atoms with Crippen LogP contribution in [0.3, 0.4) is 0 Å². The quantitative estimate of drug-likeness (QED) is 0.270. The molecular formula is C30H24ClN5OS. The fourth-order valence-electron chi connectivity index (χ4n) is 4.25. The van der Waals surface area contributed by atoms with E-state index in [2.05, 4.69) is 43.0 Å². The van der Waals surface area contributed by atoms with E-state index >= 15 is 0 Å². The lowest BCUT2D eigenvalue weighted by Crippen LogP contribution is -2.23. The van der Waals surface area contributed by atoms with Crippen LogP contribution >= 0.6 is 22.9 Å². The molecule has 0 aliphatic heterocycles. The largest absolute Gasteiger partial charge is 0.291 e. The summed E-state index contributed by atoms with van der Waals surface area (Å²) >= 11 is 7.43. The molecule has 3 aromatic carbocycles. The molecule has 0 saturated carbocycles. The maximum absolute atomic E-state index is 13.3. The standard InChI is InChI=1S/C30H24ClN5OS/c1-30(2,3)22-13-9-20(10-14-22)27-32-29-36(34-27)28(37)25(38-29)17-21-18-35(24-7-5-4-6-8-24)33-26(21)19-11-15-23(31)16-12-19/h4-18H,1-3H3/b25-17-. The van der Waals surface area contributed by atoms with Gasteiger partial charge in [-0.25, -0.2) is 4.68 Å². The highest BCUT2D eigenvalue weighted by Crippen LogP contribution is 2.27. The van der Waals surface area contributed by atoms with Crippen LogP contribution in [0.5, 0.6) is 0 Å². The number of thiazole rings is 1. The van der Waals surface area contributed by atoms with Gasteiger partial charge in [0.15, 0.2) is 5.82 Å². The third-order valence-corrected chi connectivity index (χ3v) is 7.57. The topological polar surface area (TPSA) is 65.1 Å². The molecule has 3 heterocycles. The Bertz CT molecular complexity index is 1860. The molecule has 0 fully saturated rings. The third-order valence-electron chi connectivity index (χ3n) is 6.36. The van der Waals surface area contributed by atoms with Gasteiger partial charge in [0.1, 0.15) is 5.69 Å². The Hall–Kier alpha value is -4.07. The Labute approximate surface area is 228 Å². The molecule has 3 aromatic heterocycles. The maximum Gasteiger partial charge on any atom is 0.291 e. The molecule has 0 bridgehead atoms. The van der Waals surface area contributed by atoms with E-state index in [1.54, 1.807) is 0 Å². The molecule has 6 aromatic rings. The van der Waals surface area contributed by atoms with Gasteiger partial charge in [0.25, 0.3) is 5.56 Å². The zero-order chi connectivity index (χ0) is 26.4. The first-order valence-electron chi connectivity index (χ1n) is 12.2. The van der Waals surface area contributed by atoms with Crippen molar-refractivity contribution in [2.24, 2.45) is 0 Å². The first-order valence-corrected chi connectivity index (χ1v) is 13.4. The fourth-order valence-corrected chi connectivity index (χ4v) is 5.28. The molecule has 0 amide bonds. The minimum Gasteiger partial charge on any atom is -0.266 e. The van der Waals surface area contributed by atoms with Crippen molar-refractivity contribution in [3.05, 3.63) is 116 Å². The summed E-state index contributed by atoms with van der Waals surface area (Å²) in [6.45, 7) is 6.53. The van der Waals surface area contributed by atoms with Crippen LogP contribution in [-0.2, 0) is 5.41 Å². The maximum atomic E-state index is 13.3. The average molecular weight is 538 g/mol.